The van der Waals surface area contributed by atoms with Gasteiger partial charge in [0.15, 0.2) is 0 Å². The van der Waals surface area contributed by atoms with E-state index >= 15 is 0 Å². The highest BCUT2D eigenvalue weighted by Crippen LogP contribution is 2.14. The molecule has 182 valence electrons. The van der Waals surface area contributed by atoms with Crippen LogP contribution in [0.3, 0.4) is 0 Å². The van der Waals surface area contributed by atoms with Crippen molar-refractivity contribution in [3.63, 3.8) is 0 Å². The first-order chi connectivity index (χ1) is 14.6. The Kier molecular flexibility index (Phi) is 23.6. The highest BCUT2D eigenvalue weighted by atomic mass is 15.1. The average molecular weight is 424 g/mol. The Balaban J connectivity index is 3.80. The molecule has 30 heavy (non-hydrogen) atoms. The second-order valence-corrected chi connectivity index (χ2v) is 10.9. The van der Waals surface area contributed by atoms with E-state index in [1.807, 2.05) is 0 Å². The Hall–Kier alpha value is -0.0400. The molecule has 0 atom stereocenters. The van der Waals surface area contributed by atoms with Gasteiger partial charge < -0.3 is 4.90 Å². The van der Waals surface area contributed by atoms with E-state index in [1.165, 1.54) is 142 Å². The topological polar surface area (TPSA) is 3.24 Å². The first kappa shape index (κ1) is 30.0. The SMILES string of the molecule is CCCCCCCN(CCCCCCCCC(C)C)CCCCCCCCC(C)C. The number of unbranched alkanes of at least 4 members (excludes halogenated alkanes) is 14. The number of hydrogen-bond acceptors (Lipinski definition) is 1. The van der Waals surface area contributed by atoms with Gasteiger partial charge >= 0.3 is 0 Å². The van der Waals surface area contributed by atoms with Crippen molar-refractivity contribution in [2.24, 2.45) is 11.8 Å². The molecule has 0 radical (unpaired) electrons. The third kappa shape index (κ3) is 24.2. The van der Waals surface area contributed by atoms with Crippen LogP contribution in [0.4, 0.5) is 0 Å². The molecule has 0 amide bonds. The quantitative estimate of drug-likeness (QED) is 0.140. The molecule has 0 unspecified atom stereocenters. The van der Waals surface area contributed by atoms with E-state index < -0.39 is 0 Å². The van der Waals surface area contributed by atoms with Crippen LogP contribution in [-0.2, 0) is 0 Å². The highest BCUT2D eigenvalue weighted by Gasteiger charge is 2.05. The van der Waals surface area contributed by atoms with Crippen molar-refractivity contribution in [1.82, 2.24) is 4.90 Å². The van der Waals surface area contributed by atoms with E-state index in [2.05, 4.69) is 39.5 Å². The summed E-state index contributed by atoms with van der Waals surface area (Å²) in [7, 11) is 0. The molecule has 1 heteroatoms. The summed E-state index contributed by atoms with van der Waals surface area (Å²) in [5.74, 6) is 1.77. The van der Waals surface area contributed by atoms with Gasteiger partial charge in [-0.3, -0.25) is 0 Å². The van der Waals surface area contributed by atoms with Gasteiger partial charge in [-0.05, 0) is 50.7 Å². The lowest BCUT2D eigenvalue weighted by Crippen LogP contribution is -2.27. The zero-order valence-electron chi connectivity index (χ0n) is 22.2. The fourth-order valence-corrected chi connectivity index (χ4v) is 4.46. The monoisotopic (exact) mass is 423 g/mol. The van der Waals surface area contributed by atoms with E-state index in [0.717, 1.165) is 11.8 Å². The molecule has 0 saturated heterocycles. The Morgan fingerprint density at radius 1 is 0.400 bits per heavy atom. The van der Waals surface area contributed by atoms with Crippen molar-refractivity contribution >= 4 is 0 Å². The molecular formula is C29H61N. The van der Waals surface area contributed by atoms with Crippen molar-refractivity contribution in [2.75, 3.05) is 19.6 Å². The molecule has 0 spiro atoms. The van der Waals surface area contributed by atoms with Crippen LogP contribution in [0, 0.1) is 11.8 Å². The van der Waals surface area contributed by atoms with Gasteiger partial charge in [0.1, 0.15) is 0 Å². The van der Waals surface area contributed by atoms with Crippen LogP contribution >= 0.6 is 0 Å². The summed E-state index contributed by atoms with van der Waals surface area (Å²) < 4.78 is 0. The second kappa shape index (κ2) is 23.6. The first-order valence-electron chi connectivity index (χ1n) is 14.3. The largest absolute Gasteiger partial charge is 0.303 e. The summed E-state index contributed by atoms with van der Waals surface area (Å²) in [6.45, 7) is 15.8. The van der Waals surface area contributed by atoms with Crippen LogP contribution < -0.4 is 0 Å². The molecule has 0 rings (SSSR count). The van der Waals surface area contributed by atoms with Crippen molar-refractivity contribution in [3.05, 3.63) is 0 Å². The highest BCUT2D eigenvalue weighted by molar-refractivity contribution is 4.61. The Bertz CT molecular complexity index is 285. The maximum Gasteiger partial charge on any atom is -0.00187 e. The smallest absolute Gasteiger partial charge is 0.00187 e. The van der Waals surface area contributed by atoms with Crippen molar-refractivity contribution in [2.45, 2.75) is 157 Å². The van der Waals surface area contributed by atoms with Crippen LogP contribution in [-0.4, -0.2) is 24.5 Å². The van der Waals surface area contributed by atoms with Gasteiger partial charge in [0.25, 0.3) is 0 Å². The minimum Gasteiger partial charge on any atom is -0.303 e. The number of rotatable bonds is 24. The average Bonchev–Trinajstić information content (AvgIpc) is 2.70. The fraction of sp³-hybridized carbons (Fsp3) is 1.00. The molecule has 0 heterocycles. The van der Waals surface area contributed by atoms with E-state index in [4.69, 9.17) is 0 Å². The first-order valence-corrected chi connectivity index (χ1v) is 14.3. The summed E-state index contributed by atoms with van der Waals surface area (Å²) in [6, 6.07) is 0. The van der Waals surface area contributed by atoms with E-state index in [0.29, 0.717) is 0 Å². The molecule has 0 aromatic carbocycles. The predicted molar refractivity (Wildman–Crippen MR) is 140 cm³/mol. The summed E-state index contributed by atoms with van der Waals surface area (Å²) in [5, 5.41) is 0. The predicted octanol–water partition coefficient (Wildman–Crippen LogP) is 10.0. The van der Waals surface area contributed by atoms with Crippen LogP contribution in [0.1, 0.15) is 157 Å². The zero-order chi connectivity index (χ0) is 22.3. The van der Waals surface area contributed by atoms with Crippen LogP contribution in [0.2, 0.25) is 0 Å². The lowest BCUT2D eigenvalue weighted by atomic mass is 10.0. The maximum absolute atomic E-state index is 2.81. The van der Waals surface area contributed by atoms with E-state index in [1.54, 1.807) is 0 Å². The van der Waals surface area contributed by atoms with E-state index in [9.17, 15) is 0 Å². The molecular weight excluding hydrogens is 362 g/mol. The molecule has 0 saturated carbocycles. The van der Waals surface area contributed by atoms with Gasteiger partial charge in [-0.1, -0.05) is 137 Å². The molecule has 0 aromatic heterocycles. The fourth-order valence-electron chi connectivity index (χ4n) is 4.46. The maximum atomic E-state index is 2.81. The van der Waals surface area contributed by atoms with Crippen LogP contribution in [0.25, 0.3) is 0 Å². The van der Waals surface area contributed by atoms with E-state index in [-0.39, 0.29) is 0 Å². The Labute approximate surface area is 193 Å². The van der Waals surface area contributed by atoms with Gasteiger partial charge in [0, 0.05) is 0 Å². The standard InChI is InChI=1S/C29H61N/c1-6-7-8-15-20-25-30(26-21-16-11-9-13-18-23-28(2)3)27-22-17-12-10-14-19-24-29(4)5/h28-29H,6-27H2,1-5H3. The Morgan fingerprint density at radius 3 is 1.03 bits per heavy atom. The third-order valence-electron chi connectivity index (χ3n) is 6.59. The number of hydrogen-bond donors (Lipinski definition) is 0. The van der Waals surface area contributed by atoms with Crippen molar-refractivity contribution < 1.29 is 0 Å². The molecule has 0 aliphatic carbocycles. The molecule has 0 aliphatic heterocycles. The molecule has 0 N–H and O–H groups in total. The lowest BCUT2D eigenvalue weighted by molar-refractivity contribution is 0.254. The summed E-state index contributed by atoms with van der Waals surface area (Å²) in [6.07, 6.45) is 27.3. The van der Waals surface area contributed by atoms with Gasteiger partial charge in [-0.25, -0.2) is 0 Å². The van der Waals surface area contributed by atoms with Gasteiger partial charge in [-0.2, -0.15) is 0 Å². The van der Waals surface area contributed by atoms with Crippen molar-refractivity contribution in [1.29, 1.82) is 0 Å². The molecule has 0 aromatic rings. The zero-order valence-corrected chi connectivity index (χ0v) is 22.2. The summed E-state index contributed by atoms with van der Waals surface area (Å²) in [5.41, 5.74) is 0. The van der Waals surface area contributed by atoms with Gasteiger partial charge in [0.2, 0.25) is 0 Å². The summed E-state index contributed by atoms with van der Waals surface area (Å²) in [4.78, 5) is 2.81. The van der Waals surface area contributed by atoms with Gasteiger partial charge in [-0.15, -0.1) is 0 Å². The van der Waals surface area contributed by atoms with Gasteiger partial charge in [0.05, 0.1) is 0 Å². The van der Waals surface area contributed by atoms with Crippen LogP contribution in [0.5, 0.6) is 0 Å². The minimum atomic E-state index is 0.885. The number of nitrogens with zero attached hydrogens (tertiary/aromatic N) is 1. The normalized spacial score (nSPS) is 12.0. The molecule has 0 aliphatic rings. The van der Waals surface area contributed by atoms with Crippen molar-refractivity contribution in [3.8, 4) is 0 Å². The third-order valence-corrected chi connectivity index (χ3v) is 6.59. The summed E-state index contributed by atoms with van der Waals surface area (Å²) >= 11 is 0. The van der Waals surface area contributed by atoms with Crippen LogP contribution in [0.15, 0.2) is 0 Å². The minimum absolute atomic E-state index is 0.885. The molecule has 0 fully saturated rings. The Morgan fingerprint density at radius 2 is 0.700 bits per heavy atom. The second-order valence-electron chi connectivity index (χ2n) is 10.9. The molecule has 0 bridgehead atoms. The lowest BCUT2D eigenvalue weighted by Gasteiger charge is -2.22. The molecule has 1 nitrogen and oxygen atoms in total.